The summed E-state index contributed by atoms with van der Waals surface area (Å²) in [7, 11) is 1.55. The predicted molar refractivity (Wildman–Crippen MR) is 135 cm³/mol. The van der Waals surface area contributed by atoms with Crippen molar-refractivity contribution in [3.8, 4) is 5.75 Å². The van der Waals surface area contributed by atoms with Crippen LogP contribution in [0.5, 0.6) is 5.75 Å². The number of ketones is 1. The number of aromatic amines is 1. The number of likely N-dealkylation sites (tertiary alicyclic amines) is 1. The maximum absolute atomic E-state index is 13.3. The zero-order valence-electron chi connectivity index (χ0n) is 21.3. The van der Waals surface area contributed by atoms with Crippen LogP contribution in [0.4, 0.5) is 0 Å². The van der Waals surface area contributed by atoms with E-state index in [2.05, 4.69) is 9.97 Å². The van der Waals surface area contributed by atoms with E-state index in [1.807, 2.05) is 10.8 Å². The summed E-state index contributed by atoms with van der Waals surface area (Å²) in [5, 5.41) is 11.5. The topological polar surface area (TPSA) is 127 Å². The van der Waals surface area contributed by atoms with Crippen molar-refractivity contribution in [3.63, 3.8) is 0 Å². The number of aromatic nitrogens is 3. The number of H-pyrrole nitrogens is 1. The van der Waals surface area contributed by atoms with Crippen LogP contribution in [0.2, 0.25) is 0 Å². The number of methoxy groups -OCH3 is 1. The second-order valence-corrected chi connectivity index (χ2v) is 8.77. The van der Waals surface area contributed by atoms with Crippen LogP contribution in [-0.4, -0.2) is 62.5 Å². The molecule has 3 heterocycles. The Hall–Kier alpha value is -4.34. The number of rotatable bonds is 9. The van der Waals surface area contributed by atoms with Crippen LogP contribution in [0.15, 0.2) is 48.6 Å². The van der Waals surface area contributed by atoms with E-state index in [9.17, 15) is 19.5 Å². The molecule has 1 aliphatic heterocycles. The highest BCUT2D eigenvalue weighted by Crippen LogP contribution is 2.41. The molecule has 1 amide bonds. The zero-order valence-corrected chi connectivity index (χ0v) is 21.3. The van der Waals surface area contributed by atoms with E-state index >= 15 is 0 Å². The van der Waals surface area contributed by atoms with Crippen molar-refractivity contribution in [3.05, 3.63) is 76.6 Å². The number of aliphatic hydroxyl groups is 1. The molecule has 3 aromatic rings. The number of carbonyl (C=O) groups is 3. The van der Waals surface area contributed by atoms with Crippen LogP contribution in [-0.2, 0) is 20.9 Å². The van der Waals surface area contributed by atoms with Crippen molar-refractivity contribution in [2.75, 3.05) is 20.3 Å². The van der Waals surface area contributed by atoms with Crippen LogP contribution in [0.25, 0.3) is 5.76 Å². The molecule has 1 saturated heterocycles. The molecule has 2 aromatic heterocycles. The zero-order chi connectivity index (χ0) is 26.7. The lowest BCUT2D eigenvalue weighted by atomic mass is 9.94. The van der Waals surface area contributed by atoms with Gasteiger partial charge < -0.3 is 29.0 Å². The number of hydrogen-bond donors (Lipinski definition) is 2. The van der Waals surface area contributed by atoms with E-state index in [0.29, 0.717) is 41.1 Å². The number of carbonyl (C=O) groups excluding carboxylic acids is 3. The number of nitrogens with one attached hydrogen (secondary N) is 1. The molecule has 1 unspecified atom stereocenters. The molecule has 0 aliphatic carbocycles. The molecule has 37 heavy (non-hydrogen) atoms. The number of aryl methyl sites for hydroxylation is 2. The van der Waals surface area contributed by atoms with Gasteiger partial charge in [-0.3, -0.25) is 9.59 Å². The average molecular weight is 507 g/mol. The van der Waals surface area contributed by atoms with E-state index < -0.39 is 23.7 Å². The Kier molecular flexibility index (Phi) is 7.47. The Morgan fingerprint density at radius 3 is 2.51 bits per heavy atom. The van der Waals surface area contributed by atoms with Gasteiger partial charge in [-0.2, -0.15) is 0 Å². The molecule has 10 heteroatoms. The van der Waals surface area contributed by atoms with E-state index in [4.69, 9.17) is 9.47 Å². The van der Waals surface area contributed by atoms with Gasteiger partial charge in [-0.15, -0.1) is 0 Å². The van der Waals surface area contributed by atoms with Gasteiger partial charge in [-0.05, 0) is 50.5 Å². The number of aliphatic hydroxyl groups excluding tert-OH is 1. The largest absolute Gasteiger partial charge is 0.507 e. The SMILES string of the molecule is CCOC(=O)c1[nH]c(C)c(/C(O)=C2\C(=O)C(=O)N(CCCn3ccnc3)C2c2ccc(OC)cc2)c1C. The van der Waals surface area contributed by atoms with Crippen molar-refractivity contribution >= 4 is 23.4 Å². The Morgan fingerprint density at radius 2 is 1.89 bits per heavy atom. The average Bonchev–Trinajstić information content (AvgIpc) is 3.57. The predicted octanol–water partition coefficient (Wildman–Crippen LogP) is 3.53. The highest BCUT2D eigenvalue weighted by Gasteiger charge is 2.46. The first-order valence-electron chi connectivity index (χ1n) is 12.0. The van der Waals surface area contributed by atoms with Gasteiger partial charge in [-0.1, -0.05) is 12.1 Å². The molecule has 1 fully saturated rings. The number of hydrogen-bond acceptors (Lipinski definition) is 7. The van der Waals surface area contributed by atoms with Gasteiger partial charge in [0.05, 0.1) is 31.7 Å². The van der Waals surface area contributed by atoms with Crippen LogP contribution < -0.4 is 4.74 Å². The highest BCUT2D eigenvalue weighted by atomic mass is 16.5. The minimum Gasteiger partial charge on any atom is -0.507 e. The van der Waals surface area contributed by atoms with Gasteiger partial charge in [0.2, 0.25) is 0 Å². The Labute approximate surface area is 214 Å². The lowest BCUT2D eigenvalue weighted by Crippen LogP contribution is -2.31. The second-order valence-electron chi connectivity index (χ2n) is 8.77. The van der Waals surface area contributed by atoms with Crippen LogP contribution >= 0.6 is 0 Å². The normalized spacial score (nSPS) is 16.9. The standard InChI is InChI=1S/C27H30N4O6/c1-5-37-27(35)22-16(2)20(17(3)29-22)24(32)21-23(18-7-9-19(36-4)10-8-18)31(26(34)25(21)33)13-6-12-30-14-11-28-15-30/h7-11,14-15,23,29,32H,5-6,12-13H2,1-4H3/b24-21+. The number of amides is 1. The third-order valence-corrected chi connectivity index (χ3v) is 6.50. The van der Waals surface area contributed by atoms with Crippen LogP contribution in [0.3, 0.4) is 0 Å². The summed E-state index contributed by atoms with van der Waals surface area (Å²) in [6.07, 6.45) is 5.77. The monoisotopic (exact) mass is 506 g/mol. The van der Waals surface area contributed by atoms with Crippen molar-refractivity contribution in [2.45, 2.75) is 39.8 Å². The number of imidazole rings is 1. The van der Waals surface area contributed by atoms with Gasteiger partial charge in [-0.25, -0.2) is 9.78 Å². The van der Waals surface area contributed by atoms with E-state index in [1.165, 1.54) is 4.90 Å². The molecule has 1 atom stereocenters. The highest BCUT2D eigenvalue weighted by molar-refractivity contribution is 6.46. The third-order valence-electron chi connectivity index (χ3n) is 6.50. The van der Waals surface area contributed by atoms with Crippen molar-refractivity contribution in [1.29, 1.82) is 0 Å². The summed E-state index contributed by atoms with van der Waals surface area (Å²) >= 11 is 0. The van der Waals surface area contributed by atoms with Gasteiger partial charge in [0, 0.05) is 36.7 Å². The molecule has 4 rings (SSSR count). The fraction of sp³-hybridized carbons (Fsp3) is 0.333. The minimum atomic E-state index is -0.812. The lowest BCUT2D eigenvalue weighted by molar-refractivity contribution is -0.139. The van der Waals surface area contributed by atoms with E-state index in [1.54, 1.807) is 64.7 Å². The maximum Gasteiger partial charge on any atom is 0.355 e. The summed E-state index contributed by atoms with van der Waals surface area (Å²) in [6, 6.07) is 6.21. The van der Waals surface area contributed by atoms with Gasteiger partial charge in [0.25, 0.3) is 11.7 Å². The number of nitrogens with zero attached hydrogens (tertiary/aromatic N) is 3. The molecule has 0 radical (unpaired) electrons. The fourth-order valence-electron chi connectivity index (χ4n) is 4.73. The minimum absolute atomic E-state index is 0.0293. The molecular formula is C27H30N4O6. The first-order valence-corrected chi connectivity index (χ1v) is 12.0. The second kappa shape index (κ2) is 10.7. The quantitative estimate of drug-likeness (QED) is 0.197. The Morgan fingerprint density at radius 1 is 1.16 bits per heavy atom. The maximum atomic E-state index is 13.3. The molecule has 10 nitrogen and oxygen atoms in total. The summed E-state index contributed by atoms with van der Waals surface area (Å²) in [6.45, 7) is 6.14. The molecule has 1 aromatic carbocycles. The van der Waals surface area contributed by atoms with Crippen LogP contribution in [0, 0.1) is 13.8 Å². The molecular weight excluding hydrogens is 476 g/mol. The smallest absolute Gasteiger partial charge is 0.355 e. The number of esters is 1. The fourth-order valence-corrected chi connectivity index (χ4v) is 4.73. The molecule has 194 valence electrons. The summed E-state index contributed by atoms with van der Waals surface area (Å²) in [4.78, 5) is 47.4. The van der Waals surface area contributed by atoms with Crippen LogP contribution in [0.1, 0.15) is 52.3 Å². The number of Topliss-reactive ketones (excluding diaryl/α,β-unsaturated/α-hetero) is 1. The molecule has 2 N–H and O–H groups in total. The van der Waals surface area contributed by atoms with E-state index in [0.717, 1.165) is 0 Å². The Bertz CT molecular complexity index is 1340. The summed E-state index contributed by atoms with van der Waals surface area (Å²) < 4.78 is 12.3. The molecule has 1 aliphatic rings. The van der Waals surface area contributed by atoms with Crippen molar-refractivity contribution < 1.29 is 29.0 Å². The van der Waals surface area contributed by atoms with Gasteiger partial charge in [0.1, 0.15) is 17.2 Å². The number of benzene rings is 1. The molecule has 0 bridgehead atoms. The first-order chi connectivity index (χ1) is 17.8. The van der Waals surface area contributed by atoms with Crippen molar-refractivity contribution in [2.24, 2.45) is 0 Å². The van der Waals surface area contributed by atoms with Crippen molar-refractivity contribution in [1.82, 2.24) is 19.4 Å². The Balaban J connectivity index is 1.78. The van der Waals surface area contributed by atoms with Gasteiger partial charge in [0.15, 0.2) is 0 Å². The van der Waals surface area contributed by atoms with Gasteiger partial charge >= 0.3 is 5.97 Å². The lowest BCUT2D eigenvalue weighted by Gasteiger charge is -2.25. The summed E-state index contributed by atoms with van der Waals surface area (Å²) in [5.74, 6) is -1.74. The molecule has 0 spiro atoms. The van der Waals surface area contributed by atoms with E-state index in [-0.39, 0.29) is 30.2 Å². The summed E-state index contributed by atoms with van der Waals surface area (Å²) in [5.41, 5.74) is 2.04. The number of ether oxygens (including phenoxy) is 2. The first kappa shape index (κ1) is 25.7. The molecule has 0 saturated carbocycles. The third kappa shape index (κ3) is 4.87.